The molecule has 0 radical (unpaired) electrons. The summed E-state index contributed by atoms with van der Waals surface area (Å²) in [4.78, 5) is 15.7. The minimum absolute atomic E-state index is 0.198. The van der Waals surface area contributed by atoms with E-state index >= 15 is 0 Å². The lowest BCUT2D eigenvalue weighted by molar-refractivity contribution is -0.154. The number of benzene rings is 1. The van der Waals surface area contributed by atoms with Gasteiger partial charge in [0.25, 0.3) is 0 Å². The summed E-state index contributed by atoms with van der Waals surface area (Å²) in [5, 5.41) is 1.27. The van der Waals surface area contributed by atoms with E-state index in [2.05, 4.69) is 37.0 Å². The summed E-state index contributed by atoms with van der Waals surface area (Å²) in [5.41, 5.74) is 4.26. The Hall–Kier alpha value is -1.81. The lowest BCUT2D eigenvalue weighted by Crippen LogP contribution is -2.37. The van der Waals surface area contributed by atoms with Crippen molar-refractivity contribution in [2.24, 2.45) is 0 Å². The zero-order valence-electron chi connectivity index (χ0n) is 14.2. The molecule has 0 fully saturated rings. The van der Waals surface area contributed by atoms with Crippen molar-refractivity contribution < 1.29 is 14.3 Å². The van der Waals surface area contributed by atoms with Crippen LogP contribution in [-0.4, -0.2) is 24.2 Å². The average Bonchev–Trinajstić information content (AvgIpc) is 2.95. The first-order chi connectivity index (χ1) is 11.1. The van der Waals surface area contributed by atoms with Gasteiger partial charge in [-0.1, -0.05) is 32.0 Å². The van der Waals surface area contributed by atoms with E-state index in [1.165, 1.54) is 22.0 Å². The van der Waals surface area contributed by atoms with E-state index in [0.29, 0.717) is 13.2 Å². The summed E-state index contributed by atoms with van der Waals surface area (Å²) in [5.74, 6) is -0.198. The van der Waals surface area contributed by atoms with E-state index < -0.39 is 5.60 Å². The second kappa shape index (κ2) is 6.36. The summed E-state index contributed by atoms with van der Waals surface area (Å²) >= 11 is 0. The zero-order valence-corrected chi connectivity index (χ0v) is 14.2. The second-order valence-electron chi connectivity index (χ2n) is 6.10. The van der Waals surface area contributed by atoms with Crippen molar-refractivity contribution in [3.8, 4) is 0 Å². The number of fused-ring (bicyclic) bond motifs is 3. The molecule has 1 atom stereocenters. The molecule has 1 aliphatic heterocycles. The Balaban J connectivity index is 2.12. The van der Waals surface area contributed by atoms with Gasteiger partial charge in [-0.05, 0) is 37.3 Å². The van der Waals surface area contributed by atoms with Gasteiger partial charge in [0.05, 0.1) is 25.3 Å². The van der Waals surface area contributed by atoms with Gasteiger partial charge in [-0.25, -0.2) is 0 Å². The highest BCUT2D eigenvalue weighted by Crippen LogP contribution is 2.42. The van der Waals surface area contributed by atoms with Crippen LogP contribution in [0.3, 0.4) is 0 Å². The Kier molecular flexibility index (Phi) is 4.44. The fraction of sp³-hybridized carbons (Fsp3) is 0.526. The standard InChI is InChI=1S/C19H25NO3/c1-4-13-8-7-9-14-15-10-11-23-19(5-2,12-16(21)22-6-3)18(15)20-17(13)14/h7-9,20H,4-6,10-12H2,1-3H3. The van der Waals surface area contributed by atoms with Gasteiger partial charge in [-0.15, -0.1) is 0 Å². The van der Waals surface area contributed by atoms with E-state index in [-0.39, 0.29) is 12.4 Å². The number of hydrogen-bond acceptors (Lipinski definition) is 3. The average molecular weight is 315 g/mol. The Morgan fingerprint density at radius 3 is 2.87 bits per heavy atom. The Bertz CT molecular complexity index is 719. The van der Waals surface area contributed by atoms with Gasteiger partial charge in [-0.2, -0.15) is 0 Å². The molecular weight excluding hydrogens is 290 g/mol. The topological polar surface area (TPSA) is 51.3 Å². The number of esters is 1. The number of hydrogen-bond donors (Lipinski definition) is 1. The Morgan fingerprint density at radius 1 is 1.35 bits per heavy atom. The molecule has 0 bridgehead atoms. The van der Waals surface area contributed by atoms with Gasteiger partial charge >= 0.3 is 5.97 Å². The first kappa shape index (κ1) is 16.1. The highest BCUT2D eigenvalue weighted by Gasteiger charge is 2.41. The third-order valence-electron chi connectivity index (χ3n) is 4.90. The highest BCUT2D eigenvalue weighted by atomic mass is 16.5. The third kappa shape index (κ3) is 2.65. The predicted octanol–water partition coefficient (Wildman–Crippen LogP) is 3.86. The summed E-state index contributed by atoms with van der Waals surface area (Å²) in [6, 6.07) is 6.44. The van der Waals surface area contributed by atoms with Crippen LogP contribution in [-0.2, 0) is 32.7 Å². The van der Waals surface area contributed by atoms with Crippen molar-refractivity contribution in [1.29, 1.82) is 0 Å². The molecule has 124 valence electrons. The molecule has 3 rings (SSSR count). The molecule has 1 N–H and O–H groups in total. The van der Waals surface area contributed by atoms with Gasteiger partial charge in [0.15, 0.2) is 0 Å². The summed E-state index contributed by atoms with van der Waals surface area (Å²) in [7, 11) is 0. The zero-order chi connectivity index (χ0) is 16.4. The van der Waals surface area contributed by atoms with Crippen LogP contribution in [0.1, 0.15) is 50.4 Å². The van der Waals surface area contributed by atoms with Gasteiger partial charge in [0.2, 0.25) is 0 Å². The van der Waals surface area contributed by atoms with Gasteiger partial charge in [-0.3, -0.25) is 4.79 Å². The van der Waals surface area contributed by atoms with E-state index in [9.17, 15) is 4.79 Å². The Morgan fingerprint density at radius 2 is 2.17 bits per heavy atom. The number of aryl methyl sites for hydroxylation is 1. The number of ether oxygens (including phenoxy) is 2. The number of aromatic nitrogens is 1. The van der Waals surface area contributed by atoms with Gasteiger partial charge < -0.3 is 14.5 Å². The summed E-state index contributed by atoms with van der Waals surface area (Å²) in [6.45, 7) is 7.11. The Labute approximate surface area is 137 Å². The monoisotopic (exact) mass is 315 g/mol. The lowest BCUT2D eigenvalue weighted by Gasteiger charge is -2.36. The first-order valence-electron chi connectivity index (χ1n) is 8.57. The number of para-hydroxylation sites is 1. The maximum absolute atomic E-state index is 12.1. The number of nitrogens with one attached hydrogen (secondary N) is 1. The SMILES string of the molecule is CCOC(=O)CC1(CC)OCCc2c1[nH]c1c(CC)cccc21. The maximum atomic E-state index is 12.1. The van der Waals surface area contributed by atoms with E-state index in [0.717, 1.165) is 25.0 Å². The fourth-order valence-corrected chi connectivity index (χ4v) is 3.69. The molecule has 0 amide bonds. The number of carbonyl (C=O) groups is 1. The first-order valence-corrected chi connectivity index (χ1v) is 8.57. The quantitative estimate of drug-likeness (QED) is 0.852. The number of rotatable bonds is 5. The number of aromatic amines is 1. The van der Waals surface area contributed by atoms with Crippen molar-refractivity contribution >= 4 is 16.9 Å². The van der Waals surface area contributed by atoms with Crippen LogP contribution in [0.15, 0.2) is 18.2 Å². The van der Waals surface area contributed by atoms with Gasteiger partial charge in [0, 0.05) is 10.9 Å². The minimum Gasteiger partial charge on any atom is -0.466 e. The van der Waals surface area contributed by atoms with Crippen LogP contribution in [0.4, 0.5) is 0 Å². The molecule has 4 heteroatoms. The predicted molar refractivity (Wildman–Crippen MR) is 90.6 cm³/mol. The van der Waals surface area contributed by atoms with E-state index in [1.54, 1.807) is 0 Å². The molecule has 0 spiro atoms. The van der Waals surface area contributed by atoms with Gasteiger partial charge in [0.1, 0.15) is 5.60 Å². The maximum Gasteiger partial charge on any atom is 0.309 e. The van der Waals surface area contributed by atoms with E-state index in [4.69, 9.17) is 9.47 Å². The van der Waals surface area contributed by atoms with Crippen molar-refractivity contribution in [3.63, 3.8) is 0 Å². The molecular formula is C19H25NO3. The molecule has 0 aliphatic carbocycles. The van der Waals surface area contributed by atoms with Crippen LogP contribution >= 0.6 is 0 Å². The molecule has 23 heavy (non-hydrogen) atoms. The third-order valence-corrected chi connectivity index (χ3v) is 4.90. The van der Waals surface area contributed by atoms with Crippen molar-refractivity contribution in [2.45, 2.75) is 52.1 Å². The lowest BCUT2D eigenvalue weighted by atomic mass is 9.86. The second-order valence-corrected chi connectivity index (χ2v) is 6.10. The molecule has 2 aromatic rings. The van der Waals surface area contributed by atoms with Crippen molar-refractivity contribution in [1.82, 2.24) is 4.98 Å². The summed E-state index contributed by atoms with van der Waals surface area (Å²) < 4.78 is 11.3. The van der Waals surface area contributed by atoms with E-state index in [1.807, 2.05) is 6.92 Å². The molecule has 2 heterocycles. The van der Waals surface area contributed by atoms with Crippen LogP contribution < -0.4 is 0 Å². The van der Waals surface area contributed by atoms with Crippen molar-refractivity contribution in [2.75, 3.05) is 13.2 Å². The smallest absolute Gasteiger partial charge is 0.309 e. The van der Waals surface area contributed by atoms with Crippen LogP contribution in [0.5, 0.6) is 0 Å². The van der Waals surface area contributed by atoms with Crippen molar-refractivity contribution in [3.05, 3.63) is 35.0 Å². The molecule has 0 saturated heterocycles. The number of carbonyl (C=O) groups excluding carboxylic acids is 1. The van der Waals surface area contributed by atoms with Crippen LogP contribution in [0, 0.1) is 0 Å². The highest BCUT2D eigenvalue weighted by molar-refractivity contribution is 5.88. The fourth-order valence-electron chi connectivity index (χ4n) is 3.69. The molecule has 1 aromatic carbocycles. The molecule has 4 nitrogen and oxygen atoms in total. The minimum atomic E-state index is -0.593. The van der Waals surface area contributed by atoms with Crippen LogP contribution in [0.2, 0.25) is 0 Å². The molecule has 1 aromatic heterocycles. The van der Waals surface area contributed by atoms with Crippen LogP contribution in [0.25, 0.3) is 10.9 Å². The normalized spacial score (nSPS) is 20.5. The molecule has 1 unspecified atom stereocenters. The number of H-pyrrole nitrogens is 1. The largest absolute Gasteiger partial charge is 0.466 e. The molecule has 0 saturated carbocycles. The molecule has 1 aliphatic rings. The summed E-state index contributed by atoms with van der Waals surface area (Å²) in [6.07, 6.45) is 2.87.